The number of rotatable bonds is 37. The van der Waals surface area contributed by atoms with Gasteiger partial charge in [-0.25, -0.2) is 9.97 Å². The number of aryl methyl sites for hydroxylation is 1. The van der Waals surface area contributed by atoms with Gasteiger partial charge >= 0.3 is 5.97 Å². The number of aromatic amines is 1. The highest BCUT2D eigenvalue weighted by atomic mass is 16.6. The Morgan fingerprint density at radius 1 is 0.712 bits per heavy atom. The molecule has 0 unspecified atom stereocenters. The van der Waals surface area contributed by atoms with Crippen LogP contribution in [0.2, 0.25) is 0 Å². The second-order valence-corrected chi connectivity index (χ2v) is 13.9. The number of pyridine rings is 1. The lowest BCUT2D eigenvalue weighted by atomic mass is 10.1. The number of anilines is 2. The van der Waals surface area contributed by atoms with Crippen LogP contribution in [0, 0.1) is 0 Å². The quantitative estimate of drug-likeness (QED) is 0.0616. The Kier molecular flexibility index (Phi) is 25.2. The number of carboxylic acid groups (broad SMARTS) is 1. The molecule has 0 spiro atoms. The number of unbranched alkanes of at least 4 members (excludes halogenated alkanes) is 1. The maximum atomic E-state index is 10.4. The fourth-order valence-electron chi connectivity index (χ4n) is 6.20. The summed E-state index contributed by atoms with van der Waals surface area (Å²) >= 11 is 0. The molecule has 2 aromatic heterocycles. The maximum absolute atomic E-state index is 10.4. The SMILES string of the molecule is CCCCc1nc2c([nH]1)c(N)nc1ccc(N3CCN(CCOCCNCCOCCOCCOCCOCCOCCOCCOCCOCCC(=O)O)CC3)cc12. The van der Waals surface area contributed by atoms with Crippen molar-refractivity contribution in [2.75, 3.05) is 175 Å². The van der Waals surface area contributed by atoms with Crippen LogP contribution in [-0.2, 0) is 53.8 Å². The number of nitrogens with two attached hydrogens (primary N) is 1. The van der Waals surface area contributed by atoms with Gasteiger partial charge in [0.05, 0.1) is 131 Å². The van der Waals surface area contributed by atoms with Gasteiger partial charge in [0, 0.05) is 63.3 Å². The van der Waals surface area contributed by atoms with Gasteiger partial charge in [-0.2, -0.15) is 0 Å². The predicted octanol–water partition coefficient (Wildman–Crippen LogP) is 2.37. The van der Waals surface area contributed by atoms with Crippen LogP contribution in [-0.4, -0.2) is 196 Å². The third-order valence-corrected chi connectivity index (χ3v) is 9.45. The number of ether oxygens (including phenoxy) is 9. The number of nitrogens with zero attached hydrogens (tertiary/aromatic N) is 4. The first-order valence-corrected chi connectivity index (χ1v) is 21.2. The number of fused-ring (bicyclic) bond motifs is 3. The zero-order valence-electron chi connectivity index (χ0n) is 35.1. The molecule has 0 amide bonds. The van der Waals surface area contributed by atoms with E-state index in [4.69, 9.17) is 58.5 Å². The second-order valence-electron chi connectivity index (χ2n) is 13.9. The van der Waals surface area contributed by atoms with Crippen molar-refractivity contribution >= 4 is 39.4 Å². The van der Waals surface area contributed by atoms with Gasteiger partial charge in [-0.15, -0.1) is 0 Å². The minimum atomic E-state index is -0.873. The van der Waals surface area contributed by atoms with E-state index in [0.29, 0.717) is 112 Å². The first kappa shape index (κ1) is 48.4. The first-order chi connectivity index (χ1) is 29.0. The Hall–Kier alpha value is -3.27. The molecule has 1 aliphatic rings. The molecule has 1 aliphatic heterocycles. The molecule has 3 aromatic rings. The number of benzene rings is 1. The number of hydrogen-bond donors (Lipinski definition) is 4. The molecule has 0 radical (unpaired) electrons. The largest absolute Gasteiger partial charge is 0.481 e. The highest BCUT2D eigenvalue weighted by molar-refractivity contribution is 6.07. The Morgan fingerprint density at radius 2 is 1.22 bits per heavy atom. The first-order valence-electron chi connectivity index (χ1n) is 21.2. The molecule has 334 valence electrons. The summed E-state index contributed by atoms with van der Waals surface area (Å²) in [5, 5.41) is 12.9. The van der Waals surface area contributed by atoms with Crippen molar-refractivity contribution in [3.63, 3.8) is 0 Å². The van der Waals surface area contributed by atoms with Gasteiger partial charge < -0.3 is 68.7 Å². The Labute approximate surface area is 348 Å². The lowest BCUT2D eigenvalue weighted by Gasteiger charge is -2.36. The summed E-state index contributed by atoms with van der Waals surface area (Å²) in [4.78, 5) is 28.2. The number of nitrogen functional groups attached to an aromatic ring is 1. The van der Waals surface area contributed by atoms with E-state index < -0.39 is 5.97 Å². The Bertz CT molecular complexity index is 1540. The van der Waals surface area contributed by atoms with E-state index in [1.54, 1.807) is 0 Å². The van der Waals surface area contributed by atoms with Gasteiger partial charge in [0.25, 0.3) is 0 Å². The summed E-state index contributed by atoms with van der Waals surface area (Å²) in [6.07, 6.45) is 3.12. The molecular formula is C41H69N7O11. The van der Waals surface area contributed by atoms with E-state index >= 15 is 0 Å². The topological polar surface area (TPSA) is 206 Å². The van der Waals surface area contributed by atoms with Crippen molar-refractivity contribution in [3.05, 3.63) is 24.0 Å². The number of carboxylic acids is 1. The number of piperazine rings is 1. The molecule has 4 rings (SSSR count). The van der Waals surface area contributed by atoms with Crippen LogP contribution in [0.3, 0.4) is 0 Å². The molecule has 18 nitrogen and oxygen atoms in total. The van der Waals surface area contributed by atoms with E-state index in [2.05, 4.69) is 50.2 Å². The summed E-state index contributed by atoms with van der Waals surface area (Å²) in [5.41, 5.74) is 10.1. The van der Waals surface area contributed by atoms with Gasteiger partial charge in [-0.05, 0) is 24.6 Å². The number of aliphatic carboxylic acids is 1. The molecule has 0 bridgehead atoms. The number of H-pyrrole nitrogens is 1. The molecule has 59 heavy (non-hydrogen) atoms. The van der Waals surface area contributed by atoms with Crippen LogP contribution < -0.4 is 16.0 Å². The standard InChI is InChI=1S/C41H69N7O11/c1-2-3-4-37-45-39-35-33-34(5-6-36(35)44-41(42)40(39)46-37)48-12-10-47(11-13-48)14-18-52-16-8-43-9-17-53-20-22-55-24-26-57-28-30-59-32-31-58-29-27-56-25-23-54-21-19-51-15-7-38(49)50/h5-6,33,43H,2-4,7-32H2,1H3,(H2,42,44)(H,45,46)(H,49,50). The number of carbonyl (C=O) groups is 1. The molecule has 1 fully saturated rings. The van der Waals surface area contributed by atoms with Crippen molar-refractivity contribution in [1.29, 1.82) is 0 Å². The van der Waals surface area contributed by atoms with Gasteiger partial charge in [-0.3, -0.25) is 9.69 Å². The lowest BCUT2D eigenvalue weighted by molar-refractivity contribution is -0.138. The zero-order valence-corrected chi connectivity index (χ0v) is 35.1. The maximum Gasteiger partial charge on any atom is 0.305 e. The van der Waals surface area contributed by atoms with Crippen LogP contribution in [0.15, 0.2) is 18.2 Å². The lowest BCUT2D eigenvalue weighted by Crippen LogP contribution is -2.47. The van der Waals surface area contributed by atoms with Crippen molar-refractivity contribution in [2.24, 2.45) is 0 Å². The number of hydrogen-bond acceptors (Lipinski definition) is 16. The molecular weight excluding hydrogens is 766 g/mol. The minimum absolute atomic E-state index is 0.00233. The summed E-state index contributed by atoms with van der Waals surface area (Å²) in [5.74, 6) is 0.606. The van der Waals surface area contributed by atoms with E-state index in [1.165, 1.54) is 5.69 Å². The molecule has 0 atom stereocenters. The van der Waals surface area contributed by atoms with Crippen molar-refractivity contribution in [2.45, 2.75) is 32.6 Å². The summed E-state index contributed by atoms with van der Waals surface area (Å²) in [7, 11) is 0. The molecule has 3 heterocycles. The van der Waals surface area contributed by atoms with Crippen molar-refractivity contribution in [1.82, 2.24) is 25.2 Å². The van der Waals surface area contributed by atoms with Crippen molar-refractivity contribution in [3.8, 4) is 0 Å². The minimum Gasteiger partial charge on any atom is -0.481 e. The fourth-order valence-corrected chi connectivity index (χ4v) is 6.20. The summed E-state index contributed by atoms with van der Waals surface area (Å²) < 4.78 is 49.4. The van der Waals surface area contributed by atoms with Gasteiger partial charge in [0.1, 0.15) is 22.7 Å². The predicted molar refractivity (Wildman–Crippen MR) is 226 cm³/mol. The highest BCUT2D eigenvalue weighted by Crippen LogP contribution is 2.30. The van der Waals surface area contributed by atoms with Gasteiger partial charge in [-0.1, -0.05) is 13.3 Å². The Morgan fingerprint density at radius 3 is 1.75 bits per heavy atom. The summed E-state index contributed by atoms with van der Waals surface area (Å²) in [6, 6.07) is 6.43. The van der Waals surface area contributed by atoms with Gasteiger partial charge in [0.2, 0.25) is 0 Å². The third kappa shape index (κ3) is 20.2. The fraction of sp³-hybridized carbons (Fsp3) is 0.732. The van der Waals surface area contributed by atoms with Crippen LogP contribution >= 0.6 is 0 Å². The third-order valence-electron chi connectivity index (χ3n) is 9.45. The van der Waals surface area contributed by atoms with Gasteiger partial charge in [0.15, 0.2) is 0 Å². The number of nitrogens with one attached hydrogen (secondary N) is 2. The molecule has 0 saturated carbocycles. The zero-order chi connectivity index (χ0) is 41.6. The molecule has 0 aliphatic carbocycles. The highest BCUT2D eigenvalue weighted by Gasteiger charge is 2.19. The smallest absolute Gasteiger partial charge is 0.305 e. The van der Waals surface area contributed by atoms with E-state index in [0.717, 1.165) is 99.4 Å². The molecule has 5 N–H and O–H groups in total. The van der Waals surface area contributed by atoms with Crippen LogP contribution in [0.1, 0.15) is 32.0 Å². The van der Waals surface area contributed by atoms with E-state index in [-0.39, 0.29) is 13.0 Å². The normalized spacial score (nSPS) is 13.7. The monoisotopic (exact) mass is 836 g/mol. The van der Waals surface area contributed by atoms with Crippen LogP contribution in [0.4, 0.5) is 11.5 Å². The van der Waals surface area contributed by atoms with E-state index in [9.17, 15) is 4.79 Å². The second kappa shape index (κ2) is 30.7. The Balaban J connectivity index is 0.853. The van der Waals surface area contributed by atoms with Crippen LogP contribution in [0.25, 0.3) is 21.9 Å². The molecule has 1 aromatic carbocycles. The number of imidazole rings is 1. The average Bonchev–Trinajstić information content (AvgIpc) is 3.69. The average molecular weight is 836 g/mol. The van der Waals surface area contributed by atoms with Crippen LogP contribution in [0.5, 0.6) is 0 Å². The van der Waals surface area contributed by atoms with E-state index in [1.807, 2.05) is 0 Å². The number of aromatic nitrogens is 3. The molecule has 18 heteroatoms. The summed E-state index contributed by atoms with van der Waals surface area (Å²) in [6.45, 7) is 17.5. The molecule has 1 saturated heterocycles. The van der Waals surface area contributed by atoms with Crippen molar-refractivity contribution < 1.29 is 52.5 Å².